The van der Waals surface area contributed by atoms with Crippen molar-refractivity contribution in [2.24, 2.45) is 5.92 Å². The number of carboxylic acid groups (broad SMARTS) is 1. The average Bonchev–Trinajstić information content (AvgIpc) is 2.27. The smallest absolute Gasteiger partial charge is 0.303 e. The normalized spacial score (nSPS) is 11.6. The van der Waals surface area contributed by atoms with Crippen LogP contribution in [0, 0.1) is 16.0 Å². The van der Waals surface area contributed by atoms with Crippen molar-refractivity contribution in [3.63, 3.8) is 0 Å². The van der Waals surface area contributed by atoms with Gasteiger partial charge in [-0.25, -0.2) is 0 Å². The van der Waals surface area contributed by atoms with Gasteiger partial charge >= 0.3 is 5.97 Å². The topological polar surface area (TPSA) is 110 Å². The van der Waals surface area contributed by atoms with Crippen molar-refractivity contribution in [1.82, 2.24) is 0 Å². The molecule has 0 saturated heterocycles. The van der Waals surface area contributed by atoms with Crippen molar-refractivity contribution in [2.75, 3.05) is 5.32 Å². The van der Waals surface area contributed by atoms with Crippen molar-refractivity contribution in [2.45, 2.75) is 19.8 Å². The minimum atomic E-state index is -0.981. The molecule has 1 unspecified atom stereocenters. The van der Waals surface area contributed by atoms with Crippen LogP contribution in [0.5, 0.6) is 0 Å². The summed E-state index contributed by atoms with van der Waals surface area (Å²) in [6.45, 7) is 1.63. The van der Waals surface area contributed by atoms with Crippen LogP contribution in [0.15, 0.2) is 24.3 Å². The second kappa shape index (κ2) is 6.48. The van der Waals surface area contributed by atoms with Gasteiger partial charge in [-0.1, -0.05) is 19.1 Å². The number of hydrogen-bond donors (Lipinski definition) is 2. The lowest BCUT2D eigenvalue weighted by atomic mass is 10.0. The highest BCUT2D eigenvalue weighted by molar-refractivity contribution is 5.93. The number of hydrogen-bond acceptors (Lipinski definition) is 4. The number of rotatable bonds is 6. The molecule has 2 N–H and O–H groups in total. The summed E-state index contributed by atoms with van der Waals surface area (Å²) >= 11 is 0. The van der Waals surface area contributed by atoms with Gasteiger partial charge in [0.2, 0.25) is 5.91 Å². The largest absolute Gasteiger partial charge is 0.481 e. The van der Waals surface area contributed by atoms with E-state index in [0.717, 1.165) is 0 Å². The van der Waals surface area contributed by atoms with Crippen LogP contribution in [0.2, 0.25) is 0 Å². The van der Waals surface area contributed by atoms with Crippen LogP contribution in [0.4, 0.5) is 11.4 Å². The lowest BCUT2D eigenvalue weighted by molar-refractivity contribution is -0.383. The molecule has 1 amide bonds. The van der Waals surface area contributed by atoms with Crippen LogP contribution < -0.4 is 5.32 Å². The fourth-order valence-electron chi connectivity index (χ4n) is 1.63. The molecule has 0 saturated carbocycles. The first-order valence-corrected chi connectivity index (χ1v) is 5.65. The second-order valence-electron chi connectivity index (χ2n) is 4.23. The molecule has 0 aliphatic heterocycles. The Labute approximate surface area is 109 Å². The number of benzene rings is 1. The molecule has 1 atom stereocenters. The number of carbonyl (C=O) groups excluding carboxylic acids is 1. The van der Waals surface area contributed by atoms with Crippen molar-refractivity contribution in [3.8, 4) is 0 Å². The number of nitro groups is 1. The van der Waals surface area contributed by atoms with Crippen LogP contribution >= 0.6 is 0 Å². The maximum atomic E-state index is 11.7. The highest BCUT2D eigenvalue weighted by Gasteiger charge is 2.17. The molecule has 0 aliphatic rings. The summed E-state index contributed by atoms with van der Waals surface area (Å²) in [6, 6.07) is 5.79. The lowest BCUT2D eigenvalue weighted by Crippen LogP contribution is -2.17. The van der Waals surface area contributed by atoms with Crippen molar-refractivity contribution in [1.29, 1.82) is 0 Å². The molecule has 0 bridgehead atoms. The number of carbonyl (C=O) groups is 2. The number of nitrogens with one attached hydrogen (secondary N) is 1. The highest BCUT2D eigenvalue weighted by atomic mass is 16.6. The first kappa shape index (κ1) is 14.6. The van der Waals surface area contributed by atoms with Gasteiger partial charge in [-0.05, 0) is 12.0 Å². The Morgan fingerprint density at radius 2 is 2.00 bits per heavy atom. The zero-order valence-corrected chi connectivity index (χ0v) is 10.3. The minimum Gasteiger partial charge on any atom is -0.481 e. The Hall–Kier alpha value is -2.44. The van der Waals surface area contributed by atoms with Crippen molar-refractivity contribution in [3.05, 3.63) is 34.4 Å². The number of nitrogens with zero attached hydrogens (tertiary/aromatic N) is 1. The van der Waals surface area contributed by atoms with E-state index in [1.54, 1.807) is 13.0 Å². The first-order chi connectivity index (χ1) is 8.90. The second-order valence-corrected chi connectivity index (χ2v) is 4.23. The summed E-state index contributed by atoms with van der Waals surface area (Å²) in [4.78, 5) is 32.3. The molecule has 7 nitrogen and oxygen atoms in total. The maximum Gasteiger partial charge on any atom is 0.303 e. The third-order valence-electron chi connectivity index (χ3n) is 2.43. The van der Waals surface area contributed by atoms with Gasteiger partial charge in [-0.3, -0.25) is 19.7 Å². The predicted octanol–water partition coefficient (Wildman–Crippen LogP) is 2.03. The summed E-state index contributed by atoms with van der Waals surface area (Å²) < 4.78 is 0. The fourth-order valence-corrected chi connectivity index (χ4v) is 1.63. The quantitative estimate of drug-likeness (QED) is 0.604. The Bertz CT molecular complexity index is 501. The highest BCUT2D eigenvalue weighted by Crippen LogP contribution is 2.23. The monoisotopic (exact) mass is 266 g/mol. The number of nitro benzene ring substituents is 1. The van der Waals surface area contributed by atoms with Crippen molar-refractivity contribution < 1.29 is 19.6 Å². The predicted molar refractivity (Wildman–Crippen MR) is 67.8 cm³/mol. The van der Waals surface area contributed by atoms with Gasteiger partial charge in [0.1, 0.15) is 5.69 Å². The third kappa shape index (κ3) is 4.74. The van der Waals surface area contributed by atoms with E-state index in [-0.39, 0.29) is 30.1 Å². The average molecular weight is 266 g/mol. The van der Waals surface area contributed by atoms with Crippen LogP contribution in [0.25, 0.3) is 0 Å². The van der Waals surface area contributed by atoms with Gasteiger partial charge in [-0.15, -0.1) is 0 Å². The molecule has 1 aromatic carbocycles. The molecule has 0 aromatic heterocycles. The molecule has 1 aromatic rings. The van der Waals surface area contributed by atoms with Gasteiger partial charge in [-0.2, -0.15) is 0 Å². The number of para-hydroxylation sites is 2. The standard InChI is InChI=1S/C12H14N2O5/c1-8(7-12(16)17)6-11(15)13-9-4-2-3-5-10(9)14(18)19/h2-5,8H,6-7H2,1H3,(H,13,15)(H,16,17). The summed E-state index contributed by atoms with van der Waals surface area (Å²) in [5.74, 6) is -1.76. The number of carboxylic acids is 1. The van der Waals surface area contributed by atoms with E-state index < -0.39 is 16.8 Å². The summed E-state index contributed by atoms with van der Waals surface area (Å²) in [5, 5.41) is 21.8. The van der Waals surface area contributed by atoms with Crippen molar-refractivity contribution >= 4 is 23.3 Å². The first-order valence-electron chi connectivity index (χ1n) is 5.65. The van der Waals surface area contributed by atoms with Crippen LogP contribution in [0.3, 0.4) is 0 Å². The van der Waals surface area contributed by atoms with Crippen LogP contribution in [0.1, 0.15) is 19.8 Å². The molecule has 19 heavy (non-hydrogen) atoms. The van der Waals surface area contributed by atoms with E-state index in [1.165, 1.54) is 18.2 Å². The Kier molecular flexibility index (Phi) is 4.99. The molecule has 0 spiro atoms. The Morgan fingerprint density at radius 3 is 2.58 bits per heavy atom. The van der Waals surface area contributed by atoms with E-state index >= 15 is 0 Å². The Morgan fingerprint density at radius 1 is 1.37 bits per heavy atom. The van der Waals surface area contributed by atoms with Crippen LogP contribution in [-0.2, 0) is 9.59 Å². The van der Waals surface area contributed by atoms with Gasteiger partial charge in [0.05, 0.1) is 4.92 Å². The molecule has 1 rings (SSSR count). The third-order valence-corrected chi connectivity index (χ3v) is 2.43. The molecule has 0 heterocycles. The van der Waals surface area contributed by atoms with E-state index in [2.05, 4.69) is 5.32 Å². The maximum absolute atomic E-state index is 11.7. The molecule has 0 radical (unpaired) electrons. The SMILES string of the molecule is CC(CC(=O)O)CC(=O)Nc1ccccc1[N+](=O)[O-]. The van der Waals surface area contributed by atoms with E-state index in [4.69, 9.17) is 5.11 Å². The van der Waals surface area contributed by atoms with Gasteiger partial charge in [0.25, 0.3) is 5.69 Å². The molecular formula is C12H14N2O5. The minimum absolute atomic E-state index is 0.00164. The van der Waals surface area contributed by atoms with Gasteiger partial charge < -0.3 is 10.4 Å². The molecule has 0 fully saturated rings. The van der Waals surface area contributed by atoms with E-state index in [0.29, 0.717) is 0 Å². The zero-order valence-electron chi connectivity index (χ0n) is 10.3. The molecule has 102 valence electrons. The molecule has 7 heteroatoms. The Balaban J connectivity index is 2.67. The van der Waals surface area contributed by atoms with Gasteiger partial charge in [0, 0.05) is 18.9 Å². The molecular weight excluding hydrogens is 252 g/mol. The number of aliphatic carboxylic acids is 1. The number of amides is 1. The van der Waals surface area contributed by atoms with E-state index in [1.807, 2.05) is 0 Å². The summed E-state index contributed by atoms with van der Waals surface area (Å²) in [6.07, 6.45) is -0.122. The summed E-state index contributed by atoms with van der Waals surface area (Å²) in [7, 11) is 0. The van der Waals surface area contributed by atoms with Gasteiger partial charge in [0.15, 0.2) is 0 Å². The number of anilines is 1. The van der Waals surface area contributed by atoms with E-state index in [9.17, 15) is 19.7 Å². The van der Waals surface area contributed by atoms with Crippen LogP contribution in [-0.4, -0.2) is 21.9 Å². The zero-order chi connectivity index (χ0) is 14.4. The summed E-state index contributed by atoms with van der Waals surface area (Å²) in [5.41, 5.74) is -0.0817. The lowest BCUT2D eigenvalue weighted by Gasteiger charge is -2.09. The fraction of sp³-hybridized carbons (Fsp3) is 0.333. The molecule has 0 aliphatic carbocycles.